The first kappa shape index (κ1) is 27.7. The second kappa shape index (κ2) is 10.1. The third-order valence-electron chi connectivity index (χ3n) is 9.77. The predicted molar refractivity (Wildman–Crippen MR) is 150 cm³/mol. The maximum Gasteiger partial charge on any atom is 0.261 e. The van der Waals surface area contributed by atoms with Crippen molar-refractivity contribution in [3.05, 3.63) is 53.6 Å². The number of ketones is 1. The number of hydrogen-bond donors (Lipinski definition) is 2. The molecule has 8 nitrogen and oxygen atoms in total. The minimum Gasteiger partial charge on any atom is -0.484 e. The van der Waals surface area contributed by atoms with Crippen LogP contribution < -0.4 is 15.4 Å². The number of Topliss-reactive ketones (excluding diaryl/α,β-unsaturated/α-hetero) is 1. The van der Waals surface area contributed by atoms with E-state index < -0.39 is 35.9 Å². The third kappa shape index (κ3) is 4.88. The number of fused-ring (bicyclic) bond motifs is 2. The highest BCUT2D eigenvalue weighted by Gasteiger charge is 2.70. The van der Waals surface area contributed by atoms with Crippen LogP contribution in [0.15, 0.2) is 48.5 Å². The van der Waals surface area contributed by atoms with Gasteiger partial charge < -0.3 is 20.3 Å². The molecule has 6 atom stereocenters. The van der Waals surface area contributed by atoms with Gasteiger partial charge >= 0.3 is 0 Å². The van der Waals surface area contributed by atoms with Gasteiger partial charge in [-0.1, -0.05) is 49.7 Å². The van der Waals surface area contributed by atoms with Gasteiger partial charge in [0.2, 0.25) is 11.8 Å². The molecule has 2 saturated carbocycles. The number of hydrogen-bond acceptors (Lipinski definition) is 5. The van der Waals surface area contributed by atoms with Crippen LogP contribution in [0.25, 0.3) is 11.1 Å². The minimum absolute atomic E-state index is 0.0726. The standard InChI is InChI=1S/C31H33ClFN3O5/c1-30(2)22-15-36(25(38)16-41-21-5-3-4-18(10-21)17-6-8-20(32)9-7-17)27(26(22)30)28(39)35-23(24(37)13-33)12-31-11-19(31)14-34-29(31)40/h3-10,19,22-23,26-27H,11-16H2,1-2H3,(H,34,40)(H,35,39)/t19?,22-,23-,26-,27-,31+/m0/s1. The molecule has 2 saturated heterocycles. The van der Waals surface area contributed by atoms with Crippen molar-refractivity contribution in [2.24, 2.45) is 28.6 Å². The number of piperidine rings is 2. The Hall–Kier alpha value is -3.46. The molecule has 1 unspecified atom stereocenters. The second-order valence-corrected chi connectivity index (χ2v) is 12.8. The fraction of sp³-hybridized carbons (Fsp3) is 0.484. The number of alkyl halides is 1. The van der Waals surface area contributed by atoms with Crippen molar-refractivity contribution in [1.82, 2.24) is 15.5 Å². The van der Waals surface area contributed by atoms with Gasteiger partial charge in [-0.15, -0.1) is 0 Å². The topological polar surface area (TPSA) is 105 Å². The molecule has 3 amide bonds. The summed E-state index contributed by atoms with van der Waals surface area (Å²) in [6.07, 6.45) is 0.705. The number of carbonyl (C=O) groups is 4. The number of nitrogens with one attached hydrogen (secondary N) is 2. The number of benzene rings is 2. The van der Waals surface area contributed by atoms with Crippen LogP contribution in [0, 0.1) is 28.6 Å². The van der Waals surface area contributed by atoms with Gasteiger partial charge in [0.1, 0.15) is 18.5 Å². The smallest absolute Gasteiger partial charge is 0.261 e. The van der Waals surface area contributed by atoms with E-state index in [0.29, 0.717) is 30.3 Å². The summed E-state index contributed by atoms with van der Waals surface area (Å²) in [5.74, 6) is -1.06. The zero-order chi connectivity index (χ0) is 29.1. The highest BCUT2D eigenvalue weighted by atomic mass is 35.5. The summed E-state index contributed by atoms with van der Waals surface area (Å²) in [5, 5.41) is 6.17. The van der Waals surface area contributed by atoms with E-state index in [1.54, 1.807) is 18.2 Å². The van der Waals surface area contributed by atoms with E-state index >= 15 is 0 Å². The van der Waals surface area contributed by atoms with Crippen LogP contribution in [-0.2, 0) is 19.2 Å². The number of rotatable bonds is 10. The van der Waals surface area contributed by atoms with Crippen molar-refractivity contribution in [3.8, 4) is 16.9 Å². The van der Waals surface area contributed by atoms with Crippen LogP contribution >= 0.6 is 11.6 Å². The molecule has 41 heavy (non-hydrogen) atoms. The maximum atomic E-state index is 13.7. The van der Waals surface area contributed by atoms with Crippen LogP contribution in [0.5, 0.6) is 5.75 Å². The summed E-state index contributed by atoms with van der Waals surface area (Å²) < 4.78 is 19.4. The van der Waals surface area contributed by atoms with Gasteiger partial charge in [0, 0.05) is 18.1 Å². The molecule has 0 radical (unpaired) electrons. The Morgan fingerprint density at radius 3 is 2.59 bits per heavy atom. The summed E-state index contributed by atoms with van der Waals surface area (Å²) in [5.41, 5.74) is 1.00. The van der Waals surface area contributed by atoms with Crippen LogP contribution in [0.3, 0.4) is 0 Å². The highest BCUT2D eigenvalue weighted by Crippen LogP contribution is 2.65. The number of nitrogens with zero attached hydrogens (tertiary/aromatic N) is 1. The van der Waals surface area contributed by atoms with Crippen LogP contribution in [0.1, 0.15) is 26.7 Å². The molecule has 216 valence electrons. The number of amides is 3. The van der Waals surface area contributed by atoms with Crippen molar-refractivity contribution in [2.75, 3.05) is 26.4 Å². The second-order valence-electron chi connectivity index (χ2n) is 12.4. The number of likely N-dealkylation sites (tertiary alicyclic amines) is 1. The lowest BCUT2D eigenvalue weighted by molar-refractivity contribution is -0.142. The summed E-state index contributed by atoms with van der Waals surface area (Å²) in [6, 6.07) is 12.9. The Morgan fingerprint density at radius 2 is 1.93 bits per heavy atom. The lowest BCUT2D eigenvalue weighted by Crippen LogP contribution is -2.55. The largest absolute Gasteiger partial charge is 0.484 e. The summed E-state index contributed by atoms with van der Waals surface area (Å²) in [4.78, 5) is 53.5. The van der Waals surface area contributed by atoms with E-state index in [1.807, 2.05) is 30.3 Å². The Bertz CT molecular complexity index is 1410. The Kier molecular flexibility index (Phi) is 6.83. The number of halogens is 2. The monoisotopic (exact) mass is 581 g/mol. The average Bonchev–Trinajstić information content (AvgIpc) is 3.64. The summed E-state index contributed by atoms with van der Waals surface area (Å²) >= 11 is 6.00. The lowest BCUT2D eigenvalue weighted by atomic mass is 9.92. The van der Waals surface area contributed by atoms with Crippen LogP contribution in [0.2, 0.25) is 5.02 Å². The molecule has 2 N–H and O–H groups in total. The molecule has 0 bridgehead atoms. The predicted octanol–water partition coefficient (Wildman–Crippen LogP) is 3.42. The Balaban J connectivity index is 1.14. The van der Waals surface area contributed by atoms with E-state index in [2.05, 4.69) is 24.5 Å². The average molecular weight is 582 g/mol. The molecule has 10 heteroatoms. The van der Waals surface area contributed by atoms with Gasteiger partial charge in [-0.2, -0.15) is 0 Å². The molecule has 4 aliphatic rings. The zero-order valence-corrected chi connectivity index (χ0v) is 23.7. The molecule has 2 heterocycles. The van der Waals surface area contributed by atoms with Crippen molar-refractivity contribution >= 4 is 35.1 Å². The third-order valence-corrected chi connectivity index (χ3v) is 10.0. The first-order valence-corrected chi connectivity index (χ1v) is 14.4. The molecule has 0 spiro atoms. The molecule has 0 aromatic heterocycles. The van der Waals surface area contributed by atoms with Crippen molar-refractivity contribution in [1.29, 1.82) is 0 Å². The normalized spacial score (nSPS) is 29.2. The summed E-state index contributed by atoms with van der Waals surface area (Å²) in [7, 11) is 0. The van der Waals surface area contributed by atoms with E-state index in [4.69, 9.17) is 16.3 Å². The van der Waals surface area contributed by atoms with Gasteiger partial charge in [0.05, 0.1) is 11.5 Å². The van der Waals surface area contributed by atoms with Crippen LogP contribution in [0.4, 0.5) is 4.39 Å². The van der Waals surface area contributed by atoms with Gasteiger partial charge in [-0.3, -0.25) is 19.2 Å². The SMILES string of the molecule is CC1(C)[C@@H]2[C@@H](C(=O)N[C@@H](C[C@]34CC3CNC4=O)C(=O)CF)N(C(=O)COc3cccc(-c4ccc(Cl)cc4)c3)C[C@@H]21. The van der Waals surface area contributed by atoms with Gasteiger partial charge in [0.15, 0.2) is 12.4 Å². The van der Waals surface area contributed by atoms with E-state index in [0.717, 1.165) is 11.1 Å². The van der Waals surface area contributed by atoms with Crippen molar-refractivity contribution in [3.63, 3.8) is 0 Å². The van der Waals surface area contributed by atoms with Crippen molar-refractivity contribution in [2.45, 2.75) is 38.8 Å². The molecule has 2 aromatic carbocycles. The highest BCUT2D eigenvalue weighted by molar-refractivity contribution is 6.30. The molecule has 2 aliphatic heterocycles. The van der Waals surface area contributed by atoms with Gasteiger partial charge in [-0.25, -0.2) is 4.39 Å². The first-order valence-electron chi connectivity index (χ1n) is 14.0. The van der Waals surface area contributed by atoms with E-state index in [9.17, 15) is 23.6 Å². The van der Waals surface area contributed by atoms with Gasteiger partial charge in [0.25, 0.3) is 5.91 Å². The fourth-order valence-electron chi connectivity index (χ4n) is 7.10. The Labute approximate surface area is 242 Å². The fourth-order valence-corrected chi connectivity index (χ4v) is 7.23. The van der Waals surface area contributed by atoms with E-state index in [1.165, 1.54) is 4.90 Å². The maximum absolute atomic E-state index is 13.7. The molecule has 6 rings (SSSR count). The van der Waals surface area contributed by atoms with E-state index in [-0.39, 0.29) is 48.0 Å². The molecular weight excluding hydrogens is 549 g/mol. The molecular formula is C31H33ClFN3O5. The zero-order valence-electron chi connectivity index (χ0n) is 23.0. The molecule has 2 aromatic rings. The number of carbonyl (C=O) groups excluding carboxylic acids is 4. The summed E-state index contributed by atoms with van der Waals surface area (Å²) in [6.45, 7) is 3.56. The van der Waals surface area contributed by atoms with Gasteiger partial charge in [-0.05, 0) is 71.4 Å². The quantitative estimate of drug-likeness (QED) is 0.447. The van der Waals surface area contributed by atoms with Crippen molar-refractivity contribution < 1.29 is 28.3 Å². The molecule has 4 fully saturated rings. The Morgan fingerprint density at radius 1 is 1.17 bits per heavy atom. The number of ether oxygens (including phenoxy) is 1. The first-order chi connectivity index (χ1) is 19.5. The lowest BCUT2D eigenvalue weighted by Gasteiger charge is -2.31. The molecule has 2 aliphatic carbocycles. The minimum atomic E-state index is -1.24. The van der Waals surface area contributed by atoms with Crippen LogP contribution in [-0.4, -0.2) is 66.9 Å².